The van der Waals surface area contributed by atoms with Crippen LogP contribution in [0.25, 0.3) is 0 Å². The molecule has 272 valence electrons. The summed E-state index contributed by atoms with van der Waals surface area (Å²) in [5, 5.41) is 10.8. The number of rotatable bonds is 11. The third kappa shape index (κ3) is 7.10. The molecule has 2 atom stereocenters. The van der Waals surface area contributed by atoms with Gasteiger partial charge >= 0.3 is 5.97 Å². The number of aliphatic carboxylic acids is 1. The van der Waals surface area contributed by atoms with E-state index in [2.05, 4.69) is 4.90 Å². The molecule has 0 saturated carbocycles. The number of hydrogen-bond acceptors (Lipinski definition) is 7. The summed E-state index contributed by atoms with van der Waals surface area (Å²) >= 11 is 12.9. The molecular formula is C39H45Cl2N3O7. The Morgan fingerprint density at radius 3 is 2.12 bits per heavy atom. The van der Waals surface area contributed by atoms with E-state index in [4.69, 9.17) is 37.4 Å². The molecule has 0 bridgehead atoms. The molecule has 6 rings (SSSR count). The maximum Gasteiger partial charge on any atom is 0.326 e. The second-order valence-electron chi connectivity index (χ2n) is 13.8. The predicted molar refractivity (Wildman–Crippen MR) is 196 cm³/mol. The normalized spacial score (nSPS) is 21.8. The number of carboxylic acids is 1. The molecule has 0 radical (unpaired) electrons. The largest absolute Gasteiger partial charge is 0.493 e. The maximum absolute atomic E-state index is 14.3. The Morgan fingerprint density at radius 2 is 1.51 bits per heavy atom. The van der Waals surface area contributed by atoms with Gasteiger partial charge in [-0.1, -0.05) is 59.6 Å². The van der Waals surface area contributed by atoms with Crippen LogP contribution in [0.5, 0.6) is 17.2 Å². The Bertz CT molecular complexity index is 1740. The van der Waals surface area contributed by atoms with Gasteiger partial charge in [-0.3, -0.25) is 9.59 Å². The topological polar surface area (TPSA) is 109 Å². The molecule has 3 aromatic rings. The fourth-order valence-corrected chi connectivity index (χ4v) is 8.60. The van der Waals surface area contributed by atoms with E-state index < -0.39 is 22.8 Å². The van der Waals surface area contributed by atoms with Crippen LogP contribution in [0.4, 0.5) is 0 Å². The number of carbonyl (C=O) groups is 3. The van der Waals surface area contributed by atoms with Crippen LogP contribution in [0, 0.1) is 0 Å². The third-order valence-corrected chi connectivity index (χ3v) is 12.0. The van der Waals surface area contributed by atoms with E-state index in [1.807, 2.05) is 53.4 Å². The highest BCUT2D eigenvalue weighted by atomic mass is 35.5. The predicted octanol–water partition coefficient (Wildman–Crippen LogP) is 6.30. The van der Waals surface area contributed by atoms with Crippen molar-refractivity contribution < 1.29 is 33.7 Å². The summed E-state index contributed by atoms with van der Waals surface area (Å²) in [6.07, 6.45) is 3.83. The summed E-state index contributed by atoms with van der Waals surface area (Å²) in [7, 11) is 4.57. The Morgan fingerprint density at radius 1 is 0.824 bits per heavy atom. The molecule has 3 fully saturated rings. The SMILES string of the molecule is COc1cc(C(=O)N2CC[C@](CCN3CCC(C(=O)N4CCC[C@H]4C(=O)O)(c4ccccc4)CC3)(c3ccc(Cl)c(Cl)c3)C2)cc(OC)c1OC. The fraction of sp³-hybridized carbons (Fsp3) is 0.462. The molecule has 3 heterocycles. The summed E-state index contributed by atoms with van der Waals surface area (Å²) in [6, 6.07) is 18.1. The number of ether oxygens (including phenoxy) is 3. The highest BCUT2D eigenvalue weighted by molar-refractivity contribution is 6.42. The van der Waals surface area contributed by atoms with Crippen LogP contribution in [0.2, 0.25) is 10.0 Å². The second-order valence-corrected chi connectivity index (χ2v) is 14.6. The summed E-state index contributed by atoms with van der Waals surface area (Å²) in [6.45, 7) is 3.59. The van der Waals surface area contributed by atoms with Gasteiger partial charge in [-0.05, 0) is 93.6 Å². The van der Waals surface area contributed by atoms with Crippen molar-refractivity contribution in [2.45, 2.75) is 55.4 Å². The van der Waals surface area contributed by atoms with E-state index in [1.54, 1.807) is 17.0 Å². The molecule has 0 aliphatic carbocycles. The van der Waals surface area contributed by atoms with Gasteiger partial charge in [0.2, 0.25) is 11.7 Å². The smallest absolute Gasteiger partial charge is 0.326 e. The molecule has 2 amide bonds. The van der Waals surface area contributed by atoms with Crippen molar-refractivity contribution in [3.8, 4) is 17.2 Å². The molecule has 3 aromatic carbocycles. The van der Waals surface area contributed by atoms with Crippen LogP contribution >= 0.6 is 23.2 Å². The first-order chi connectivity index (χ1) is 24.6. The van der Waals surface area contributed by atoms with E-state index >= 15 is 0 Å². The van der Waals surface area contributed by atoms with Gasteiger partial charge in [0.25, 0.3) is 5.91 Å². The van der Waals surface area contributed by atoms with Crippen molar-refractivity contribution in [2.75, 3.05) is 60.6 Å². The number of carbonyl (C=O) groups excluding carboxylic acids is 2. The minimum absolute atomic E-state index is 0.0812. The first kappa shape index (κ1) is 36.8. The number of methoxy groups -OCH3 is 3. The highest BCUT2D eigenvalue weighted by Gasteiger charge is 2.49. The Hall–Kier alpha value is -3.99. The van der Waals surface area contributed by atoms with E-state index in [9.17, 15) is 19.5 Å². The first-order valence-corrected chi connectivity index (χ1v) is 18.2. The molecule has 3 aliphatic rings. The second kappa shape index (κ2) is 15.3. The summed E-state index contributed by atoms with van der Waals surface area (Å²) in [4.78, 5) is 46.2. The molecule has 0 unspecified atom stereocenters. The van der Waals surface area contributed by atoms with Crippen LogP contribution in [-0.4, -0.2) is 104 Å². The van der Waals surface area contributed by atoms with Crippen LogP contribution in [0.3, 0.4) is 0 Å². The van der Waals surface area contributed by atoms with Crippen molar-refractivity contribution in [1.82, 2.24) is 14.7 Å². The van der Waals surface area contributed by atoms with Crippen LogP contribution in [0.1, 0.15) is 60.0 Å². The summed E-state index contributed by atoms with van der Waals surface area (Å²) < 4.78 is 16.5. The van der Waals surface area contributed by atoms with Gasteiger partial charge in [0.15, 0.2) is 11.5 Å². The van der Waals surface area contributed by atoms with Crippen LogP contribution < -0.4 is 14.2 Å². The van der Waals surface area contributed by atoms with Gasteiger partial charge < -0.3 is 34.0 Å². The van der Waals surface area contributed by atoms with Crippen LogP contribution in [0.15, 0.2) is 60.7 Å². The maximum atomic E-state index is 14.3. The van der Waals surface area contributed by atoms with Gasteiger partial charge in [0.05, 0.1) is 36.8 Å². The Balaban J connectivity index is 1.22. The van der Waals surface area contributed by atoms with E-state index in [0.717, 1.165) is 30.5 Å². The Kier molecular flexibility index (Phi) is 11.0. The number of benzene rings is 3. The van der Waals surface area contributed by atoms with Gasteiger partial charge in [0, 0.05) is 30.6 Å². The molecule has 3 saturated heterocycles. The average molecular weight is 739 g/mol. The van der Waals surface area contributed by atoms with Crippen molar-refractivity contribution in [3.63, 3.8) is 0 Å². The molecule has 0 aromatic heterocycles. The minimum Gasteiger partial charge on any atom is -0.493 e. The van der Waals surface area contributed by atoms with E-state index in [-0.39, 0.29) is 11.8 Å². The molecule has 51 heavy (non-hydrogen) atoms. The zero-order valence-electron chi connectivity index (χ0n) is 29.3. The van der Waals surface area contributed by atoms with Crippen molar-refractivity contribution >= 4 is 41.0 Å². The first-order valence-electron chi connectivity index (χ1n) is 17.4. The van der Waals surface area contributed by atoms with Gasteiger partial charge in [0.1, 0.15) is 6.04 Å². The van der Waals surface area contributed by atoms with Crippen molar-refractivity contribution in [2.24, 2.45) is 0 Å². The van der Waals surface area contributed by atoms with E-state index in [0.29, 0.717) is 91.3 Å². The molecule has 12 heteroatoms. The number of hydrogen-bond donors (Lipinski definition) is 1. The lowest BCUT2D eigenvalue weighted by Gasteiger charge is -2.44. The molecule has 10 nitrogen and oxygen atoms in total. The number of halogens is 2. The lowest BCUT2D eigenvalue weighted by atomic mass is 9.71. The van der Waals surface area contributed by atoms with Gasteiger partial charge in [-0.25, -0.2) is 4.79 Å². The lowest BCUT2D eigenvalue weighted by molar-refractivity contribution is -0.151. The number of piperidine rings is 1. The quantitative estimate of drug-likeness (QED) is 0.244. The van der Waals surface area contributed by atoms with E-state index in [1.165, 1.54) is 21.3 Å². The summed E-state index contributed by atoms with van der Waals surface area (Å²) in [5.41, 5.74) is 1.23. The molecule has 3 aliphatic heterocycles. The molecule has 0 spiro atoms. The number of nitrogens with zero attached hydrogens (tertiary/aromatic N) is 3. The molecular weight excluding hydrogens is 693 g/mol. The van der Waals surface area contributed by atoms with Gasteiger partial charge in [-0.15, -0.1) is 0 Å². The highest BCUT2D eigenvalue weighted by Crippen LogP contribution is 2.44. The van der Waals surface area contributed by atoms with Gasteiger partial charge in [-0.2, -0.15) is 0 Å². The minimum atomic E-state index is -0.941. The number of likely N-dealkylation sites (tertiary alicyclic amines) is 3. The van der Waals surface area contributed by atoms with Crippen molar-refractivity contribution in [3.05, 3.63) is 87.4 Å². The lowest BCUT2D eigenvalue weighted by Crippen LogP contribution is -2.55. The number of amides is 2. The zero-order chi connectivity index (χ0) is 36.3. The third-order valence-electron chi connectivity index (χ3n) is 11.2. The molecule has 1 N–H and O–H groups in total. The van der Waals surface area contributed by atoms with Crippen molar-refractivity contribution in [1.29, 1.82) is 0 Å². The summed E-state index contributed by atoms with van der Waals surface area (Å²) in [5.74, 6) is 0.0828. The standard InChI is InChI=1S/C39H45Cl2N3O7/c1-49-32-22-26(23-33(50-2)34(32)51-3)35(45)43-21-14-38(25-43,28-11-12-29(40)30(41)24-28)13-18-42-19-15-39(16-20-42,27-8-5-4-6-9-27)37(48)44-17-7-10-31(44)36(46)47/h4-6,8-9,11-12,22-24,31H,7,10,13-21,25H2,1-3H3,(H,46,47)/t31-,38-/m0/s1. The van der Waals surface area contributed by atoms with Crippen LogP contribution in [-0.2, 0) is 20.4 Å². The number of carboxylic acid groups (broad SMARTS) is 1. The zero-order valence-corrected chi connectivity index (χ0v) is 30.8. The Labute approximate surface area is 309 Å². The monoisotopic (exact) mass is 737 g/mol. The fourth-order valence-electron chi connectivity index (χ4n) is 8.30. The average Bonchev–Trinajstić information content (AvgIpc) is 3.84.